The summed E-state index contributed by atoms with van der Waals surface area (Å²) in [7, 11) is 0. The molecule has 0 bridgehead atoms. The summed E-state index contributed by atoms with van der Waals surface area (Å²) in [4.78, 5) is 23.4. The van der Waals surface area contributed by atoms with Crippen molar-refractivity contribution in [3.63, 3.8) is 0 Å². The van der Waals surface area contributed by atoms with Crippen LogP contribution < -0.4 is 11.5 Å². The number of rotatable bonds is 10. The number of benzene rings is 2. The molecular weight excluding hydrogens is 424 g/mol. The van der Waals surface area contributed by atoms with Gasteiger partial charge in [-0.2, -0.15) is 0 Å². The van der Waals surface area contributed by atoms with E-state index in [-0.39, 0.29) is 6.04 Å². The summed E-state index contributed by atoms with van der Waals surface area (Å²) >= 11 is 0. The van der Waals surface area contributed by atoms with E-state index in [4.69, 9.17) is 16.5 Å². The van der Waals surface area contributed by atoms with Gasteiger partial charge in [0.25, 0.3) is 0 Å². The summed E-state index contributed by atoms with van der Waals surface area (Å²) in [6.07, 6.45) is 4.80. The number of nitrogens with two attached hydrogens (primary N) is 2. The molecule has 7 nitrogen and oxygen atoms in total. The molecule has 34 heavy (non-hydrogen) atoms. The Labute approximate surface area is 200 Å². The number of carbonyl (C=O) groups is 1. The van der Waals surface area contributed by atoms with E-state index in [1.807, 2.05) is 55.5 Å². The lowest BCUT2D eigenvalue weighted by Gasteiger charge is -2.28. The van der Waals surface area contributed by atoms with Crippen molar-refractivity contribution >= 4 is 33.8 Å². The van der Waals surface area contributed by atoms with E-state index >= 15 is 0 Å². The minimum atomic E-state index is -0.391. The smallest absolute Gasteiger partial charge is 0.315 e. The van der Waals surface area contributed by atoms with Crippen molar-refractivity contribution < 1.29 is 4.79 Å². The zero-order valence-electron chi connectivity index (χ0n) is 20.1. The standard InChI is InChI=1S/C27H34N6O/c1-3-4-16-23-31-24-25(21-14-8-9-15-22(21)30-26(24)28)33(23)18-11-10-17-32(27(29)34)19(2)20-12-6-5-7-13-20/h5-9,12-15,19H,3-4,10-11,16-18H2,1-2H3,(H2,28,30)(H2,29,34)/t19-/m1/s1. The maximum Gasteiger partial charge on any atom is 0.315 e. The van der Waals surface area contributed by atoms with E-state index in [2.05, 4.69) is 22.5 Å². The molecule has 0 saturated carbocycles. The van der Waals surface area contributed by atoms with Crippen molar-refractivity contribution in [1.82, 2.24) is 19.4 Å². The van der Waals surface area contributed by atoms with Crippen molar-refractivity contribution in [2.75, 3.05) is 12.3 Å². The maximum absolute atomic E-state index is 12.2. The van der Waals surface area contributed by atoms with Crippen LogP contribution in [0.5, 0.6) is 0 Å². The Morgan fingerprint density at radius 2 is 1.76 bits per heavy atom. The van der Waals surface area contributed by atoms with Gasteiger partial charge in [0, 0.05) is 24.9 Å². The quantitative estimate of drug-likeness (QED) is 0.309. The van der Waals surface area contributed by atoms with Gasteiger partial charge in [-0.05, 0) is 37.8 Å². The first kappa shape index (κ1) is 23.5. The molecule has 0 radical (unpaired) electrons. The molecule has 178 valence electrons. The number of aromatic nitrogens is 3. The van der Waals surface area contributed by atoms with Gasteiger partial charge >= 0.3 is 6.03 Å². The summed E-state index contributed by atoms with van der Waals surface area (Å²) in [5.74, 6) is 1.52. The predicted octanol–water partition coefficient (Wildman–Crippen LogP) is 5.43. The number of primary amides is 1. The highest BCUT2D eigenvalue weighted by atomic mass is 16.2. The molecule has 0 saturated heterocycles. The largest absolute Gasteiger partial charge is 0.382 e. The lowest BCUT2D eigenvalue weighted by molar-refractivity contribution is 0.187. The van der Waals surface area contributed by atoms with Crippen LogP contribution in [0.4, 0.5) is 10.6 Å². The molecule has 0 aliphatic rings. The summed E-state index contributed by atoms with van der Waals surface area (Å²) in [6, 6.07) is 17.6. The molecule has 0 aliphatic carbocycles. The minimum Gasteiger partial charge on any atom is -0.382 e. The van der Waals surface area contributed by atoms with Gasteiger partial charge in [0.15, 0.2) is 5.82 Å². The van der Waals surface area contributed by atoms with E-state index in [1.165, 1.54) is 0 Å². The maximum atomic E-state index is 12.2. The molecule has 4 aromatic rings. The Balaban J connectivity index is 1.56. The minimum absolute atomic E-state index is 0.0669. The van der Waals surface area contributed by atoms with E-state index in [9.17, 15) is 4.79 Å². The van der Waals surface area contributed by atoms with Gasteiger partial charge in [-0.15, -0.1) is 0 Å². The lowest BCUT2D eigenvalue weighted by Crippen LogP contribution is -2.38. The van der Waals surface area contributed by atoms with Crippen LogP contribution in [0.2, 0.25) is 0 Å². The predicted molar refractivity (Wildman–Crippen MR) is 138 cm³/mol. The SMILES string of the molecule is CCCCc1nc2c(N)nc3ccccc3c2n1CCCCN(C(N)=O)[C@H](C)c1ccccc1. The number of carbonyl (C=O) groups excluding carboxylic acids is 1. The molecule has 4 rings (SSSR count). The Morgan fingerprint density at radius 1 is 1.03 bits per heavy atom. The van der Waals surface area contributed by atoms with Crippen molar-refractivity contribution in [1.29, 1.82) is 0 Å². The number of amides is 2. The first-order chi connectivity index (χ1) is 16.5. The second kappa shape index (κ2) is 10.5. The van der Waals surface area contributed by atoms with E-state index in [0.717, 1.165) is 72.0 Å². The van der Waals surface area contributed by atoms with Gasteiger partial charge in [-0.1, -0.05) is 61.9 Å². The number of fused-ring (bicyclic) bond motifs is 3. The fraction of sp³-hybridized carbons (Fsp3) is 0.370. The monoisotopic (exact) mass is 458 g/mol. The topological polar surface area (TPSA) is 103 Å². The molecule has 7 heteroatoms. The van der Waals surface area contributed by atoms with Crippen LogP contribution in [-0.2, 0) is 13.0 Å². The van der Waals surface area contributed by atoms with Gasteiger partial charge in [0.2, 0.25) is 0 Å². The molecule has 1 atom stereocenters. The van der Waals surface area contributed by atoms with Crippen LogP contribution in [0.25, 0.3) is 21.9 Å². The molecule has 2 heterocycles. The summed E-state index contributed by atoms with van der Waals surface area (Å²) in [5, 5.41) is 1.07. The van der Waals surface area contributed by atoms with Crippen LogP contribution >= 0.6 is 0 Å². The van der Waals surface area contributed by atoms with Gasteiger partial charge in [-0.25, -0.2) is 14.8 Å². The number of hydrogen-bond acceptors (Lipinski definition) is 4. The highest BCUT2D eigenvalue weighted by Crippen LogP contribution is 2.30. The third-order valence-corrected chi connectivity index (χ3v) is 6.51. The van der Waals surface area contributed by atoms with Crippen LogP contribution in [0.1, 0.15) is 57.0 Å². The zero-order chi connectivity index (χ0) is 24.1. The van der Waals surface area contributed by atoms with Crippen molar-refractivity contribution in [3.8, 4) is 0 Å². The summed E-state index contributed by atoms with van der Waals surface area (Å²) in [5.41, 5.74) is 15.8. The molecular formula is C27H34N6O. The van der Waals surface area contributed by atoms with E-state index < -0.39 is 6.03 Å². The van der Waals surface area contributed by atoms with Crippen LogP contribution in [-0.4, -0.2) is 32.0 Å². The van der Waals surface area contributed by atoms with Gasteiger partial charge in [0.1, 0.15) is 11.3 Å². The van der Waals surface area contributed by atoms with Crippen LogP contribution in [0.15, 0.2) is 54.6 Å². The highest BCUT2D eigenvalue weighted by Gasteiger charge is 2.20. The third-order valence-electron chi connectivity index (χ3n) is 6.51. The Bertz CT molecular complexity index is 1270. The molecule has 0 fully saturated rings. The molecule has 2 amide bonds. The van der Waals surface area contributed by atoms with Crippen molar-refractivity contribution in [3.05, 3.63) is 66.0 Å². The lowest BCUT2D eigenvalue weighted by atomic mass is 10.1. The second-order valence-electron chi connectivity index (χ2n) is 8.82. The molecule has 4 N–H and O–H groups in total. The van der Waals surface area contributed by atoms with Crippen molar-refractivity contribution in [2.24, 2.45) is 5.73 Å². The van der Waals surface area contributed by atoms with Gasteiger partial charge in [0.05, 0.1) is 17.1 Å². The number of para-hydroxylation sites is 1. The number of aryl methyl sites for hydroxylation is 2. The van der Waals surface area contributed by atoms with Gasteiger partial charge < -0.3 is 20.9 Å². The first-order valence-electron chi connectivity index (χ1n) is 12.2. The summed E-state index contributed by atoms with van der Waals surface area (Å²) < 4.78 is 2.31. The molecule has 2 aromatic heterocycles. The number of nitrogen functional groups attached to an aromatic ring is 1. The number of urea groups is 1. The first-order valence-corrected chi connectivity index (χ1v) is 12.2. The van der Waals surface area contributed by atoms with E-state index in [0.29, 0.717) is 12.4 Å². The number of pyridine rings is 1. The normalized spacial score (nSPS) is 12.3. The fourth-order valence-electron chi connectivity index (χ4n) is 4.63. The molecule has 0 spiro atoms. The van der Waals surface area contributed by atoms with Crippen LogP contribution in [0.3, 0.4) is 0 Å². The highest BCUT2D eigenvalue weighted by molar-refractivity contribution is 6.06. The second-order valence-corrected chi connectivity index (χ2v) is 8.82. The average Bonchev–Trinajstić information content (AvgIpc) is 3.22. The molecule has 0 aliphatic heterocycles. The average molecular weight is 459 g/mol. The Morgan fingerprint density at radius 3 is 2.50 bits per heavy atom. The number of imidazole rings is 1. The number of hydrogen-bond donors (Lipinski definition) is 2. The van der Waals surface area contributed by atoms with Crippen molar-refractivity contribution in [2.45, 2.75) is 58.5 Å². The Kier molecular flexibility index (Phi) is 7.30. The number of unbranched alkanes of at least 4 members (excludes halogenated alkanes) is 2. The number of anilines is 1. The fourth-order valence-corrected chi connectivity index (χ4v) is 4.63. The molecule has 2 aromatic carbocycles. The summed E-state index contributed by atoms with van der Waals surface area (Å²) in [6.45, 7) is 5.61. The number of nitrogens with zero attached hydrogens (tertiary/aromatic N) is 4. The third kappa shape index (κ3) is 4.83. The van der Waals surface area contributed by atoms with E-state index in [1.54, 1.807) is 4.90 Å². The van der Waals surface area contributed by atoms with Gasteiger partial charge in [-0.3, -0.25) is 0 Å². The Hall–Kier alpha value is -3.61. The zero-order valence-corrected chi connectivity index (χ0v) is 20.1. The van der Waals surface area contributed by atoms with Crippen LogP contribution in [0, 0.1) is 0 Å². The molecule has 0 unspecified atom stereocenters.